The van der Waals surface area contributed by atoms with Gasteiger partial charge in [-0.05, 0) is 43.2 Å². The Balaban J connectivity index is 1.58. The minimum Gasteiger partial charge on any atom is -0.386 e. The molecule has 1 aliphatic carbocycles. The van der Waals surface area contributed by atoms with Gasteiger partial charge in [0.2, 0.25) is 0 Å². The number of benzene rings is 1. The molecule has 30 heavy (non-hydrogen) atoms. The number of hydrogen-bond donors (Lipinski definition) is 2. The van der Waals surface area contributed by atoms with E-state index in [2.05, 4.69) is 15.3 Å². The molecule has 1 spiro atoms. The Morgan fingerprint density at radius 3 is 2.60 bits per heavy atom. The molecule has 0 radical (unpaired) electrons. The molecule has 0 bridgehead atoms. The Kier molecular flexibility index (Phi) is 5.64. The zero-order chi connectivity index (χ0) is 21.3. The van der Waals surface area contributed by atoms with Crippen molar-refractivity contribution >= 4 is 28.2 Å². The van der Waals surface area contributed by atoms with E-state index in [1.165, 1.54) is 24.3 Å². The molecule has 1 aromatic heterocycles. The van der Waals surface area contributed by atoms with Crippen molar-refractivity contribution in [1.82, 2.24) is 4.98 Å². The predicted octanol–water partition coefficient (Wildman–Crippen LogP) is 3.48. The van der Waals surface area contributed by atoms with Crippen LogP contribution in [0, 0.1) is 11.6 Å². The summed E-state index contributed by atoms with van der Waals surface area (Å²) in [7, 11) is -1.26. The minimum absolute atomic E-state index is 0.0301. The van der Waals surface area contributed by atoms with Crippen LogP contribution in [0.25, 0.3) is 0 Å². The van der Waals surface area contributed by atoms with E-state index < -0.39 is 39.1 Å². The lowest BCUT2D eigenvalue weighted by Gasteiger charge is -2.40. The molecule has 3 N–H and O–H groups in total. The Labute approximate surface area is 175 Å². The van der Waals surface area contributed by atoms with E-state index in [9.17, 15) is 17.8 Å². The van der Waals surface area contributed by atoms with Crippen LogP contribution in [0.4, 0.5) is 14.5 Å². The molecule has 2 aliphatic rings. The molecule has 4 rings (SSSR count). The molecule has 9 heteroatoms. The normalized spacial score (nSPS) is 23.1. The number of rotatable bonds is 3. The second-order valence-electron chi connectivity index (χ2n) is 7.65. The highest BCUT2D eigenvalue weighted by Crippen LogP contribution is 2.40. The Bertz CT molecular complexity index is 1020. The third-order valence-corrected chi connectivity index (χ3v) is 7.85. The van der Waals surface area contributed by atoms with Crippen molar-refractivity contribution in [3.05, 3.63) is 59.4 Å². The fourth-order valence-electron chi connectivity index (χ4n) is 4.09. The van der Waals surface area contributed by atoms with E-state index in [-0.39, 0.29) is 17.0 Å². The highest BCUT2D eigenvalue weighted by Gasteiger charge is 2.46. The number of pyridine rings is 1. The summed E-state index contributed by atoms with van der Waals surface area (Å²) in [6.07, 6.45) is 5.44. The predicted molar refractivity (Wildman–Crippen MR) is 112 cm³/mol. The van der Waals surface area contributed by atoms with E-state index >= 15 is 0 Å². The molecular formula is C21H22F2N4O2S. The maximum atomic E-state index is 14.6. The fraction of sp³-hybridized carbons (Fsp3) is 0.381. The summed E-state index contributed by atoms with van der Waals surface area (Å²) >= 11 is 0. The van der Waals surface area contributed by atoms with Crippen LogP contribution in [0.5, 0.6) is 0 Å². The molecule has 2 aromatic rings. The van der Waals surface area contributed by atoms with Crippen molar-refractivity contribution in [2.45, 2.75) is 42.9 Å². The lowest BCUT2D eigenvalue weighted by atomic mass is 9.87. The summed E-state index contributed by atoms with van der Waals surface area (Å²) < 4.78 is 40.0. The SMILES string of the molecule is NC1=NC(c2cc(NC(=O)c3ccc(F)cn3)ccc2F)CS(=O)C12CCCCC2. The van der Waals surface area contributed by atoms with Crippen molar-refractivity contribution in [1.29, 1.82) is 0 Å². The van der Waals surface area contributed by atoms with Crippen LogP contribution >= 0.6 is 0 Å². The van der Waals surface area contributed by atoms with E-state index in [1.807, 2.05) is 0 Å². The number of hydrogen-bond acceptors (Lipinski definition) is 5. The van der Waals surface area contributed by atoms with Crippen molar-refractivity contribution in [2.75, 3.05) is 11.1 Å². The maximum Gasteiger partial charge on any atom is 0.274 e. The number of nitrogens with two attached hydrogens (primary N) is 1. The molecule has 1 amide bonds. The summed E-state index contributed by atoms with van der Waals surface area (Å²) in [6.45, 7) is 0. The van der Waals surface area contributed by atoms with Crippen molar-refractivity contribution in [3.8, 4) is 0 Å². The minimum atomic E-state index is -1.26. The molecule has 158 valence electrons. The van der Waals surface area contributed by atoms with Gasteiger partial charge in [-0.3, -0.25) is 14.0 Å². The third kappa shape index (κ3) is 3.86. The van der Waals surface area contributed by atoms with Crippen molar-refractivity contribution < 1.29 is 17.8 Å². The van der Waals surface area contributed by atoms with Gasteiger partial charge in [0.15, 0.2) is 0 Å². The first kappa shape index (κ1) is 20.6. The number of halogens is 2. The van der Waals surface area contributed by atoms with E-state index in [0.717, 1.165) is 44.4 Å². The highest BCUT2D eigenvalue weighted by molar-refractivity contribution is 7.87. The summed E-state index contributed by atoms with van der Waals surface area (Å²) in [5.41, 5.74) is 6.83. The van der Waals surface area contributed by atoms with Crippen LogP contribution in [-0.4, -0.2) is 31.4 Å². The van der Waals surface area contributed by atoms with Gasteiger partial charge in [0, 0.05) is 22.1 Å². The summed E-state index contributed by atoms with van der Waals surface area (Å²) in [5.74, 6) is -1.09. The maximum absolute atomic E-state index is 14.6. The average Bonchev–Trinajstić information content (AvgIpc) is 2.74. The quantitative estimate of drug-likeness (QED) is 0.776. The summed E-state index contributed by atoms with van der Waals surface area (Å²) in [4.78, 5) is 20.6. The van der Waals surface area contributed by atoms with E-state index in [0.29, 0.717) is 11.5 Å². The number of aromatic nitrogens is 1. The molecule has 2 heterocycles. The molecule has 1 aliphatic heterocycles. The van der Waals surface area contributed by atoms with Gasteiger partial charge in [-0.1, -0.05) is 19.3 Å². The first-order chi connectivity index (χ1) is 14.4. The topological polar surface area (TPSA) is 97.4 Å². The number of anilines is 1. The number of amidine groups is 1. The Hall–Kier alpha value is -2.68. The van der Waals surface area contributed by atoms with Crippen molar-refractivity contribution in [3.63, 3.8) is 0 Å². The van der Waals surface area contributed by atoms with Gasteiger partial charge in [-0.25, -0.2) is 13.8 Å². The second-order valence-corrected chi connectivity index (χ2v) is 9.46. The number of nitrogens with zero attached hydrogens (tertiary/aromatic N) is 2. The molecule has 1 fully saturated rings. The zero-order valence-electron chi connectivity index (χ0n) is 16.2. The van der Waals surface area contributed by atoms with Gasteiger partial charge in [-0.15, -0.1) is 0 Å². The van der Waals surface area contributed by atoms with Crippen LogP contribution in [-0.2, 0) is 10.8 Å². The van der Waals surface area contributed by atoms with Gasteiger partial charge in [0.1, 0.15) is 27.9 Å². The molecule has 2 atom stereocenters. The molecule has 1 aromatic carbocycles. The molecule has 6 nitrogen and oxygen atoms in total. The van der Waals surface area contributed by atoms with Gasteiger partial charge >= 0.3 is 0 Å². The average molecular weight is 432 g/mol. The van der Waals surface area contributed by atoms with Gasteiger partial charge < -0.3 is 11.1 Å². The fourth-order valence-corrected chi connectivity index (χ4v) is 5.98. The van der Waals surface area contributed by atoms with Crippen LogP contribution in [0.3, 0.4) is 0 Å². The molecular weight excluding hydrogens is 410 g/mol. The van der Waals surface area contributed by atoms with Crippen LogP contribution < -0.4 is 11.1 Å². The lowest BCUT2D eigenvalue weighted by molar-refractivity contribution is 0.102. The number of carbonyl (C=O) groups is 1. The zero-order valence-corrected chi connectivity index (χ0v) is 17.1. The smallest absolute Gasteiger partial charge is 0.274 e. The Morgan fingerprint density at radius 1 is 1.17 bits per heavy atom. The largest absolute Gasteiger partial charge is 0.386 e. The van der Waals surface area contributed by atoms with Gasteiger partial charge in [-0.2, -0.15) is 0 Å². The molecule has 2 unspecified atom stereocenters. The lowest BCUT2D eigenvalue weighted by Crippen LogP contribution is -2.53. The van der Waals surface area contributed by atoms with E-state index in [4.69, 9.17) is 5.73 Å². The number of carbonyl (C=O) groups excluding carboxylic acids is 1. The first-order valence-electron chi connectivity index (χ1n) is 9.84. The van der Waals surface area contributed by atoms with Crippen LogP contribution in [0.1, 0.15) is 54.2 Å². The van der Waals surface area contributed by atoms with Gasteiger partial charge in [0.05, 0.1) is 18.0 Å². The number of aliphatic imine (C=N–C) groups is 1. The monoisotopic (exact) mass is 432 g/mol. The molecule has 1 saturated carbocycles. The highest BCUT2D eigenvalue weighted by atomic mass is 32.2. The van der Waals surface area contributed by atoms with Crippen molar-refractivity contribution in [2.24, 2.45) is 10.7 Å². The Morgan fingerprint density at radius 2 is 1.93 bits per heavy atom. The standard InChI is InChI=1S/C21H22F2N4O2S/c22-13-4-7-17(25-11-13)19(28)26-14-5-6-16(23)15(10-14)18-12-30(29)21(20(24)27-18)8-2-1-3-9-21/h4-7,10-11,18H,1-3,8-9,12H2,(H2,24,27)(H,26,28). The number of nitrogens with one attached hydrogen (secondary N) is 1. The number of amides is 1. The second kappa shape index (κ2) is 8.22. The van der Waals surface area contributed by atoms with Crippen LogP contribution in [0.15, 0.2) is 41.5 Å². The van der Waals surface area contributed by atoms with E-state index in [1.54, 1.807) is 0 Å². The first-order valence-corrected chi connectivity index (χ1v) is 11.2. The summed E-state index contributed by atoms with van der Waals surface area (Å²) in [5, 5.41) is 2.62. The van der Waals surface area contributed by atoms with Crippen LogP contribution in [0.2, 0.25) is 0 Å². The van der Waals surface area contributed by atoms with Gasteiger partial charge in [0.25, 0.3) is 5.91 Å². The third-order valence-electron chi connectivity index (χ3n) is 5.74. The molecule has 0 saturated heterocycles. The summed E-state index contributed by atoms with van der Waals surface area (Å²) in [6, 6.07) is 5.81.